The zero-order chi connectivity index (χ0) is 13.0. The Labute approximate surface area is 108 Å². The van der Waals surface area contributed by atoms with E-state index in [4.69, 9.17) is 10.5 Å². The van der Waals surface area contributed by atoms with Gasteiger partial charge in [-0.2, -0.15) is 0 Å². The summed E-state index contributed by atoms with van der Waals surface area (Å²) in [4.78, 5) is 2.29. The van der Waals surface area contributed by atoms with Crippen LogP contribution in [0.4, 0.5) is 4.39 Å². The van der Waals surface area contributed by atoms with Crippen LogP contribution in [0.5, 0.6) is 0 Å². The summed E-state index contributed by atoms with van der Waals surface area (Å²) in [7, 11) is 2.11. The lowest BCUT2D eigenvalue weighted by molar-refractivity contribution is 0.00103. The predicted molar refractivity (Wildman–Crippen MR) is 69.6 cm³/mol. The van der Waals surface area contributed by atoms with E-state index in [9.17, 15) is 4.39 Å². The molecular formula is C14H21FN2O. The van der Waals surface area contributed by atoms with E-state index in [2.05, 4.69) is 11.9 Å². The lowest BCUT2D eigenvalue weighted by Gasteiger charge is -2.29. The Morgan fingerprint density at radius 3 is 2.78 bits per heavy atom. The Hall–Kier alpha value is -0.970. The van der Waals surface area contributed by atoms with Crippen LogP contribution in [0.3, 0.4) is 0 Å². The normalized spacial score (nSPS) is 18.2. The van der Waals surface area contributed by atoms with E-state index in [0.717, 1.165) is 31.5 Å². The first kappa shape index (κ1) is 13.5. The number of halogens is 1. The Morgan fingerprint density at radius 1 is 1.39 bits per heavy atom. The van der Waals surface area contributed by atoms with E-state index in [1.807, 2.05) is 0 Å². The van der Waals surface area contributed by atoms with E-state index in [0.29, 0.717) is 18.7 Å². The van der Waals surface area contributed by atoms with Gasteiger partial charge in [0.1, 0.15) is 5.82 Å². The molecule has 0 bridgehead atoms. The number of benzene rings is 1. The van der Waals surface area contributed by atoms with Crippen molar-refractivity contribution in [1.29, 1.82) is 0 Å². The number of piperidine rings is 1. The highest BCUT2D eigenvalue weighted by Crippen LogP contribution is 2.17. The minimum atomic E-state index is -0.208. The van der Waals surface area contributed by atoms with Crippen molar-refractivity contribution in [3.63, 3.8) is 0 Å². The second kappa shape index (κ2) is 6.27. The summed E-state index contributed by atoms with van der Waals surface area (Å²) in [6.07, 6.45) is 2.30. The van der Waals surface area contributed by atoms with Gasteiger partial charge in [-0.15, -0.1) is 0 Å². The van der Waals surface area contributed by atoms with Crippen LogP contribution in [0.25, 0.3) is 0 Å². The summed E-state index contributed by atoms with van der Waals surface area (Å²) in [5.74, 6) is -0.208. The number of nitrogens with zero attached hydrogens (tertiary/aromatic N) is 1. The third-order valence-corrected chi connectivity index (χ3v) is 3.49. The molecule has 0 saturated carbocycles. The van der Waals surface area contributed by atoms with Gasteiger partial charge in [-0.3, -0.25) is 0 Å². The summed E-state index contributed by atoms with van der Waals surface area (Å²) in [6.45, 7) is 2.88. The Bertz CT molecular complexity index is 389. The minimum absolute atomic E-state index is 0.208. The molecule has 0 aromatic heterocycles. The van der Waals surface area contributed by atoms with Gasteiger partial charge in [-0.25, -0.2) is 4.39 Å². The van der Waals surface area contributed by atoms with E-state index in [1.54, 1.807) is 12.1 Å². The second-order valence-electron chi connectivity index (χ2n) is 4.94. The van der Waals surface area contributed by atoms with Gasteiger partial charge in [-0.1, -0.05) is 6.07 Å². The molecule has 2 rings (SSSR count). The fourth-order valence-electron chi connectivity index (χ4n) is 2.22. The van der Waals surface area contributed by atoms with Gasteiger partial charge < -0.3 is 15.4 Å². The number of hydrogen-bond donors (Lipinski definition) is 1. The molecule has 100 valence electrons. The van der Waals surface area contributed by atoms with Crippen LogP contribution in [-0.2, 0) is 17.9 Å². The quantitative estimate of drug-likeness (QED) is 0.889. The molecule has 1 aromatic carbocycles. The summed E-state index contributed by atoms with van der Waals surface area (Å²) in [5.41, 5.74) is 7.11. The molecular weight excluding hydrogens is 231 g/mol. The molecule has 0 atom stereocenters. The molecule has 1 aromatic rings. The Balaban J connectivity index is 1.89. The summed E-state index contributed by atoms with van der Waals surface area (Å²) < 4.78 is 19.4. The van der Waals surface area contributed by atoms with Crippen LogP contribution in [0.1, 0.15) is 24.0 Å². The highest BCUT2D eigenvalue weighted by molar-refractivity contribution is 5.24. The fourth-order valence-corrected chi connectivity index (χ4v) is 2.22. The van der Waals surface area contributed by atoms with Crippen molar-refractivity contribution in [3.8, 4) is 0 Å². The number of nitrogens with two attached hydrogens (primary N) is 1. The van der Waals surface area contributed by atoms with E-state index < -0.39 is 0 Å². The molecule has 4 heteroatoms. The van der Waals surface area contributed by atoms with Gasteiger partial charge in [-0.05, 0) is 37.6 Å². The molecule has 1 aliphatic rings. The van der Waals surface area contributed by atoms with Gasteiger partial charge in [0.2, 0.25) is 0 Å². The first-order chi connectivity index (χ1) is 8.69. The number of hydrogen-bond acceptors (Lipinski definition) is 3. The molecule has 0 radical (unpaired) electrons. The standard InChI is InChI=1S/C14H21FN2O/c1-17-6-4-13(5-7-17)18-10-12-8-11(9-16)2-3-14(12)15/h2-3,8,13H,4-7,9-10,16H2,1H3. The third kappa shape index (κ3) is 3.51. The number of ether oxygens (including phenoxy) is 1. The monoisotopic (exact) mass is 252 g/mol. The number of likely N-dealkylation sites (tertiary alicyclic amines) is 1. The van der Waals surface area contributed by atoms with Crippen molar-refractivity contribution in [1.82, 2.24) is 4.90 Å². The maximum atomic E-state index is 13.6. The van der Waals surface area contributed by atoms with Crippen LogP contribution < -0.4 is 5.73 Å². The van der Waals surface area contributed by atoms with Crippen LogP contribution in [0, 0.1) is 5.82 Å². The minimum Gasteiger partial charge on any atom is -0.373 e. The fraction of sp³-hybridized carbons (Fsp3) is 0.571. The zero-order valence-electron chi connectivity index (χ0n) is 10.9. The average molecular weight is 252 g/mol. The molecule has 1 aliphatic heterocycles. The molecule has 1 fully saturated rings. The first-order valence-electron chi connectivity index (χ1n) is 6.46. The average Bonchev–Trinajstić information content (AvgIpc) is 2.40. The van der Waals surface area contributed by atoms with Crippen molar-refractivity contribution in [2.75, 3.05) is 20.1 Å². The van der Waals surface area contributed by atoms with Crippen LogP contribution >= 0.6 is 0 Å². The third-order valence-electron chi connectivity index (χ3n) is 3.49. The van der Waals surface area contributed by atoms with Gasteiger partial charge in [0.25, 0.3) is 0 Å². The van der Waals surface area contributed by atoms with Gasteiger partial charge in [0.15, 0.2) is 0 Å². The smallest absolute Gasteiger partial charge is 0.128 e. The lowest BCUT2D eigenvalue weighted by atomic mass is 10.1. The predicted octanol–water partition coefficient (Wildman–Crippen LogP) is 1.90. The highest BCUT2D eigenvalue weighted by atomic mass is 19.1. The van der Waals surface area contributed by atoms with E-state index >= 15 is 0 Å². The van der Waals surface area contributed by atoms with Crippen LogP contribution in [0.2, 0.25) is 0 Å². The maximum absolute atomic E-state index is 13.6. The van der Waals surface area contributed by atoms with E-state index in [1.165, 1.54) is 6.07 Å². The molecule has 18 heavy (non-hydrogen) atoms. The molecule has 3 nitrogen and oxygen atoms in total. The van der Waals surface area contributed by atoms with E-state index in [-0.39, 0.29) is 11.9 Å². The SMILES string of the molecule is CN1CCC(OCc2cc(CN)ccc2F)CC1. The Morgan fingerprint density at radius 2 is 2.11 bits per heavy atom. The molecule has 2 N–H and O–H groups in total. The first-order valence-corrected chi connectivity index (χ1v) is 6.46. The second-order valence-corrected chi connectivity index (χ2v) is 4.94. The number of rotatable bonds is 4. The molecule has 1 saturated heterocycles. The zero-order valence-corrected chi connectivity index (χ0v) is 10.9. The van der Waals surface area contributed by atoms with Gasteiger partial charge >= 0.3 is 0 Å². The maximum Gasteiger partial charge on any atom is 0.128 e. The molecule has 0 aliphatic carbocycles. The molecule has 0 amide bonds. The van der Waals surface area contributed by atoms with Gasteiger partial charge in [0, 0.05) is 25.2 Å². The van der Waals surface area contributed by atoms with Crippen LogP contribution in [0.15, 0.2) is 18.2 Å². The lowest BCUT2D eigenvalue weighted by Crippen LogP contribution is -2.34. The van der Waals surface area contributed by atoms with Crippen molar-refractivity contribution in [2.24, 2.45) is 5.73 Å². The molecule has 0 unspecified atom stereocenters. The summed E-state index contributed by atoms with van der Waals surface area (Å²) >= 11 is 0. The van der Waals surface area contributed by atoms with Gasteiger partial charge in [0.05, 0.1) is 12.7 Å². The van der Waals surface area contributed by atoms with Crippen molar-refractivity contribution >= 4 is 0 Å². The highest BCUT2D eigenvalue weighted by Gasteiger charge is 2.17. The largest absolute Gasteiger partial charge is 0.373 e. The summed E-state index contributed by atoms with van der Waals surface area (Å²) in [5, 5.41) is 0. The van der Waals surface area contributed by atoms with Crippen molar-refractivity contribution < 1.29 is 9.13 Å². The summed E-state index contributed by atoms with van der Waals surface area (Å²) in [6, 6.07) is 4.98. The van der Waals surface area contributed by atoms with Crippen LogP contribution in [-0.4, -0.2) is 31.1 Å². The molecule has 0 spiro atoms. The topological polar surface area (TPSA) is 38.5 Å². The van der Waals surface area contributed by atoms with Crippen molar-refractivity contribution in [2.45, 2.75) is 32.1 Å². The Kier molecular flexibility index (Phi) is 4.69. The molecule has 1 heterocycles. The van der Waals surface area contributed by atoms with Crippen molar-refractivity contribution in [3.05, 3.63) is 35.1 Å².